The minimum Gasteiger partial charge on any atom is -0.394 e. The fourth-order valence-corrected chi connectivity index (χ4v) is 3.01. The van der Waals surface area contributed by atoms with E-state index < -0.39 is 37.3 Å². The highest BCUT2D eigenvalue weighted by atomic mass is 16.6. The fraction of sp³-hybridized carbons (Fsp3) is 1.00. The highest BCUT2D eigenvalue weighted by molar-refractivity contribution is 4.93. The van der Waals surface area contributed by atoms with Crippen LogP contribution in [0.4, 0.5) is 0 Å². The van der Waals surface area contributed by atoms with E-state index in [4.69, 9.17) is 9.84 Å². The molecule has 4 N–H and O–H groups in total. The summed E-state index contributed by atoms with van der Waals surface area (Å²) in [6, 6.07) is -0.682. The average Bonchev–Trinajstić information content (AvgIpc) is 2.47. The number of hydrogen-bond acceptors (Lipinski definition) is 6. The standard InChI is InChI=1S/C15H31NO5/c1-4-6-7-10(5-2)8-16(3)12-14(19)13(18)11(9-17)21-15(12)20/h10-15,17-20H,4-9H2,1-3H3/t10?,11-,12-,13-,14-,15?/m1/s1. The van der Waals surface area contributed by atoms with E-state index in [1.807, 2.05) is 11.9 Å². The first kappa shape index (κ1) is 18.8. The lowest BCUT2D eigenvalue weighted by Gasteiger charge is -2.44. The Bertz CT molecular complexity index is 291. The van der Waals surface area contributed by atoms with Gasteiger partial charge in [0.25, 0.3) is 0 Å². The maximum absolute atomic E-state index is 10.2. The monoisotopic (exact) mass is 305 g/mol. The van der Waals surface area contributed by atoms with Gasteiger partial charge in [-0.2, -0.15) is 0 Å². The molecule has 2 unspecified atom stereocenters. The third-order valence-corrected chi connectivity index (χ3v) is 4.47. The molecule has 21 heavy (non-hydrogen) atoms. The third-order valence-electron chi connectivity index (χ3n) is 4.47. The average molecular weight is 305 g/mol. The van der Waals surface area contributed by atoms with Gasteiger partial charge in [0.15, 0.2) is 6.29 Å². The molecule has 0 saturated carbocycles. The maximum atomic E-state index is 10.2. The number of hydrogen-bond donors (Lipinski definition) is 4. The normalized spacial score (nSPS) is 35.1. The van der Waals surface area contributed by atoms with Gasteiger partial charge in [0.05, 0.1) is 12.6 Å². The van der Waals surface area contributed by atoms with Gasteiger partial charge in [-0.3, -0.25) is 4.90 Å². The Balaban J connectivity index is 2.64. The van der Waals surface area contributed by atoms with E-state index in [1.165, 1.54) is 0 Å². The zero-order valence-corrected chi connectivity index (χ0v) is 13.4. The Morgan fingerprint density at radius 2 is 1.81 bits per heavy atom. The number of ether oxygens (including phenoxy) is 1. The predicted molar refractivity (Wildman–Crippen MR) is 79.7 cm³/mol. The van der Waals surface area contributed by atoms with Crippen molar-refractivity contribution in [3.05, 3.63) is 0 Å². The van der Waals surface area contributed by atoms with Gasteiger partial charge >= 0.3 is 0 Å². The minimum atomic E-state index is -1.21. The van der Waals surface area contributed by atoms with Crippen molar-refractivity contribution in [1.29, 1.82) is 0 Å². The van der Waals surface area contributed by atoms with E-state index in [0.29, 0.717) is 5.92 Å². The highest BCUT2D eigenvalue weighted by Gasteiger charge is 2.45. The third kappa shape index (κ3) is 4.87. The van der Waals surface area contributed by atoms with E-state index in [1.54, 1.807) is 0 Å². The molecule has 1 aliphatic rings. The molecule has 6 nitrogen and oxygen atoms in total. The first-order chi connectivity index (χ1) is 9.96. The van der Waals surface area contributed by atoms with Gasteiger partial charge in [-0.15, -0.1) is 0 Å². The van der Waals surface area contributed by atoms with Gasteiger partial charge < -0.3 is 25.2 Å². The van der Waals surface area contributed by atoms with Crippen LogP contribution in [0.15, 0.2) is 0 Å². The Labute approximate surface area is 127 Å². The van der Waals surface area contributed by atoms with Gasteiger partial charge in [0.1, 0.15) is 18.3 Å². The smallest absolute Gasteiger partial charge is 0.173 e. The highest BCUT2D eigenvalue weighted by Crippen LogP contribution is 2.25. The van der Waals surface area contributed by atoms with Crippen LogP contribution in [0.5, 0.6) is 0 Å². The fourth-order valence-electron chi connectivity index (χ4n) is 3.01. The lowest BCUT2D eigenvalue weighted by molar-refractivity contribution is -0.271. The zero-order chi connectivity index (χ0) is 16.0. The predicted octanol–water partition coefficient (Wildman–Crippen LogP) is -0.0655. The van der Waals surface area contributed by atoms with Crippen molar-refractivity contribution in [1.82, 2.24) is 4.90 Å². The second-order valence-corrected chi connectivity index (χ2v) is 6.08. The van der Waals surface area contributed by atoms with Crippen molar-refractivity contribution < 1.29 is 25.2 Å². The first-order valence-corrected chi connectivity index (χ1v) is 7.96. The largest absolute Gasteiger partial charge is 0.394 e. The van der Waals surface area contributed by atoms with Crippen molar-refractivity contribution >= 4 is 0 Å². The number of nitrogens with zero attached hydrogens (tertiary/aromatic N) is 1. The zero-order valence-electron chi connectivity index (χ0n) is 13.4. The Morgan fingerprint density at radius 1 is 1.14 bits per heavy atom. The van der Waals surface area contributed by atoms with Crippen LogP contribution in [0.1, 0.15) is 39.5 Å². The summed E-state index contributed by atoms with van der Waals surface area (Å²) < 4.78 is 5.20. The summed E-state index contributed by atoms with van der Waals surface area (Å²) in [5.74, 6) is 0.488. The van der Waals surface area contributed by atoms with E-state index in [-0.39, 0.29) is 0 Å². The molecule has 1 heterocycles. The number of aliphatic hydroxyl groups excluding tert-OH is 4. The van der Waals surface area contributed by atoms with Gasteiger partial charge in [0, 0.05) is 6.54 Å². The molecule has 0 spiro atoms. The van der Waals surface area contributed by atoms with Gasteiger partial charge in [-0.1, -0.05) is 33.1 Å². The quantitative estimate of drug-likeness (QED) is 0.502. The summed E-state index contributed by atoms with van der Waals surface area (Å²) >= 11 is 0. The van der Waals surface area contributed by atoms with Crippen LogP contribution < -0.4 is 0 Å². The van der Waals surface area contributed by atoms with Gasteiger partial charge in [-0.05, 0) is 19.4 Å². The number of aliphatic hydroxyl groups is 4. The van der Waals surface area contributed by atoms with E-state index in [9.17, 15) is 15.3 Å². The number of likely N-dealkylation sites (N-methyl/N-ethyl adjacent to an activating group) is 1. The van der Waals surface area contributed by atoms with Crippen LogP contribution in [-0.2, 0) is 4.74 Å². The summed E-state index contributed by atoms with van der Waals surface area (Å²) in [5.41, 5.74) is 0. The number of unbranched alkanes of at least 4 members (excludes halogenated alkanes) is 1. The molecule has 1 fully saturated rings. The number of rotatable bonds is 8. The minimum absolute atomic E-state index is 0.431. The molecule has 1 aliphatic heterocycles. The molecule has 0 bridgehead atoms. The van der Waals surface area contributed by atoms with E-state index in [2.05, 4.69) is 13.8 Å². The molecule has 126 valence electrons. The first-order valence-electron chi connectivity index (χ1n) is 7.96. The molecular weight excluding hydrogens is 274 g/mol. The summed E-state index contributed by atoms with van der Waals surface area (Å²) in [6.07, 6.45) is -0.0368. The lowest BCUT2D eigenvalue weighted by Crippen LogP contribution is -2.63. The molecule has 0 amide bonds. The Hall–Kier alpha value is -0.240. The van der Waals surface area contributed by atoms with Crippen molar-refractivity contribution in [3.8, 4) is 0 Å². The van der Waals surface area contributed by atoms with Crippen LogP contribution in [0.3, 0.4) is 0 Å². The van der Waals surface area contributed by atoms with Crippen LogP contribution in [-0.4, -0.2) is 76.2 Å². The molecule has 6 atom stereocenters. The van der Waals surface area contributed by atoms with Crippen LogP contribution in [0.2, 0.25) is 0 Å². The van der Waals surface area contributed by atoms with Crippen molar-refractivity contribution in [2.45, 2.75) is 70.2 Å². The summed E-state index contributed by atoms with van der Waals surface area (Å²) in [5, 5.41) is 39.3. The maximum Gasteiger partial charge on any atom is 0.173 e. The van der Waals surface area contributed by atoms with Crippen molar-refractivity contribution in [2.24, 2.45) is 5.92 Å². The second kappa shape index (κ2) is 9.02. The SMILES string of the molecule is CCCCC(CC)CN(C)[C@H]1C(O)O[C@H](CO)[C@@H](O)[C@@H]1O. The molecule has 0 aliphatic carbocycles. The summed E-state index contributed by atoms with van der Waals surface area (Å²) in [4.78, 5) is 1.86. The Morgan fingerprint density at radius 3 is 2.33 bits per heavy atom. The lowest BCUT2D eigenvalue weighted by atomic mass is 9.93. The molecular formula is C15H31NO5. The van der Waals surface area contributed by atoms with Crippen LogP contribution in [0.25, 0.3) is 0 Å². The van der Waals surface area contributed by atoms with E-state index in [0.717, 1.165) is 32.2 Å². The van der Waals surface area contributed by atoms with Gasteiger partial charge in [0.2, 0.25) is 0 Å². The molecule has 0 radical (unpaired) electrons. The molecule has 6 heteroatoms. The molecule has 0 aromatic heterocycles. The van der Waals surface area contributed by atoms with Gasteiger partial charge in [-0.25, -0.2) is 0 Å². The summed E-state index contributed by atoms with van der Waals surface area (Å²) in [7, 11) is 1.82. The Kier molecular flexibility index (Phi) is 8.08. The van der Waals surface area contributed by atoms with E-state index >= 15 is 0 Å². The molecule has 1 saturated heterocycles. The van der Waals surface area contributed by atoms with Crippen LogP contribution in [0, 0.1) is 5.92 Å². The second-order valence-electron chi connectivity index (χ2n) is 6.08. The van der Waals surface area contributed by atoms with Crippen molar-refractivity contribution in [3.63, 3.8) is 0 Å². The van der Waals surface area contributed by atoms with Crippen molar-refractivity contribution in [2.75, 3.05) is 20.2 Å². The summed E-state index contributed by atoms with van der Waals surface area (Å²) in [6.45, 7) is 4.59. The molecule has 1 rings (SSSR count). The topological polar surface area (TPSA) is 93.4 Å². The van der Waals surface area contributed by atoms with Crippen LogP contribution >= 0.6 is 0 Å². The molecule has 0 aromatic rings. The molecule has 0 aromatic carbocycles.